The van der Waals surface area contributed by atoms with E-state index in [-0.39, 0.29) is 0 Å². The molecule has 0 radical (unpaired) electrons. The van der Waals surface area contributed by atoms with Crippen LogP contribution >= 0.6 is 0 Å². The molecule has 2 atom stereocenters. The molecule has 0 saturated heterocycles. The zero-order chi connectivity index (χ0) is 17.3. The summed E-state index contributed by atoms with van der Waals surface area (Å²) in [5.41, 5.74) is 6.82. The second-order valence-corrected chi connectivity index (χ2v) is 7.37. The van der Waals surface area contributed by atoms with Crippen molar-refractivity contribution in [3.8, 4) is 0 Å². The van der Waals surface area contributed by atoms with Gasteiger partial charge in [0.05, 0.1) is 0 Å². The van der Waals surface area contributed by atoms with Gasteiger partial charge in [-0.05, 0) is 53.8 Å². The van der Waals surface area contributed by atoms with Crippen LogP contribution in [0.4, 0.5) is 11.4 Å². The van der Waals surface area contributed by atoms with Gasteiger partial charge >= 0.3 is 0 Å². The minimum Gasteiger partial charge on any atom is -0.338 e. The number of fused-ring (bicyclic) bond motifs is 3. The molecule has 1 aliphatic carbocycles. The van der Waals surface area contributed by atoms with Crippen LogP contribution in [0.5, 0.6) is 0 Å². The van der Waals surface area contributed by atoms with Crippen molar-refractivity contribution in [1.29, 1.82) is 0 Å². The fraction of sp³-hybridized carbons (Fsp3) is 0.200. The van der Waals surface area contributed by atoms with Crippen molar-refractivity contribution in [3.05, 3.63) is 95.6 Å². The summed E-state index contributed by atoms with van der Waals surface area (Å²) in [5, 5.41) is 0. The van der Waals surface area contributed by atoms with Crippen LogP contribution in [0.1, 0.15) is 41.9 Å². The van der Waals surface area contributed by atoms with Crippen LogP contribution in [0.3, 0.4) is 0 Å². The second-order valence-electron chi connectivity index (χ2n) is 7.37. The molecule has 3 aromatic rings. The Labute approximate surface area is 155 Å². The molecule has 1 fully saturated rings. The van der Waals surface area contributed by atoms with Crippen LogP contribution in [0.2, 0.25) is 0 Å². The molecule has 0 aromatic heterocycles. The summed E-state index contributed by atoms with van der Waals surface area (Å²) in [7, 11) is 0. The molecule has 0 N–H and O–H groups in total. The minimum atomic E-state index is 0.626. The molecule has 0 spiro atoms. The lowest BCUT2D eigenvalue weighted by molar-refractivity contribution is 0.642. The Morgan fingerprint density at radius 3 is 2.27 bits per heavy atom. The van der Waals surface area contributed by atoms with Gasteiger partial charge in [-0.2, -0.15) is 0 Å². The Bertz CT molecular complexity index is 927. The third-order valence-corrected chi connectivity index (χ3v) is 5.82. The largest absolute Gasteiger partial charge is 0.338 e. The molecule has 2 aliphatic rings. The van der Waals surface area contributed by atoms with E-state index < -0.39 is 0 Å². The first-order valence-electron chi connectivity index (χ1n) is 9.61. The second kappa shape index (κ2) is 6.49. The fourth-order valence-electron chi connectivity index (χ4n) is 4.66. The van der Waals surface area contributed by atoms with Crippen LogP contribution in [-0.2, 0) is 0 Å². The van der Waals surface area contributed by atoms with E-state index in [2.05, 4.69) is 95.9 Å². The molecule has 26 heavy (non-hydrogen) atoms. The van der Waals surface area contributed by atoms with Crippen molar-refractivity contribution in [1.82, 2.24) is 0 Å². The van der Waals surface area contributed by atoms with Crippen molar-refractivity contribution in [2.24, 2.45) is 0 Å². The van der Waals surface area contributed by atoms with E-state index in [1.54, 1.807) is 0 Å². The Kier molecular flexibility index (Phi) is 3.86. The molecule has 0 bridgehead atoms. The number of hydrogen-bond donors (Lipinski definition) is 0. The lowest BCUT2D eigenvalue weighted by atomic mass is 9.96. The predicted molar refractivity (Wildman–Crippen MR) is 111 cm³/mol. The van der Waals surface area contributed by atoms with E-state index in [4.69, 9.17) is 0 Å². The van der Waals surface area contributed by atoms with E-state index >= 15 is 0 Å². The highest BCUT2D eigenvalue weighted by atomic mass is 15.2. The summed E-state index contributed by atoms with van der Waals surface area (Å²) < 4.78 is 0. The molecule has 1 heteroatoms. The third kappa shape index (κ3) is 2.64. The van der Waals surface area contributed by atoms with Crippen LogP contribution in [-0.4, -0.2) is 6.04 Å². The summed E-state index contributed by atoms with van der Waals surface area (Å²) in [6, 6.07) is 29.0. The van der Waals surface area contributed by atoms with Gasteiger partial charge in [0.2, 0.25) is 0 Å². The third-order valence-electron chi connectivity index (χ3n) is 5.82. The smallest absolute Gasteiger partial charge is 0.0450 e. The van der Waals surface area contributed by atoms with Gasteiger partial charge in [-0.3, -0.25) is 0 Å². The van der Waals surface area contributed by atoms with E-state index in [1.807, 2.05) is 0 Å². The summed E-state index contributed by atoms with van der Waals surface area (Å²) in [5.74, 6) is 0.676. The first kappa shape index (κ1) is 15.5. The maximum atomic E-state index is 2.58. The molecule has 128 valence electrons. The lowest BCUT2D eigenvalue weighted by Crippen LogP contribution is -2.26. The summed E-state index contributed by atoms with van der Waals surface area (Å²) in [6.45, 7) is 0. The van der Waals surface area contributed by atoms with E-state index in [9.17, 15) is 0 Å². The number of rotatable bonds is 3. The quantitative estimate of drug-likeness (QED) is 0.484. The average Bonchev–Trinajstić information content (AvgIpc) is 3.28. The molecule has 0 amide bonds. The van der Waals surface area contributed by atoms with Crippen LogP contribution < -0.4 is 4.90 Å². The maximum Gasteiger partial charge on any atom is 0.0450 e. The predicted octanol–water partition coefficient (Wildman–Crippen LogP) is 6.64. The van der Waals surface area contributed by atoms with Gasteiger partial charge in [0.25, 0.3) is 0 Å². The Balaban J connectivity index is 1.52. The van der Waals surface area contributed by atoms with Gasteiger partial charge in [0.15, 0.2) is 0 Å². The summed E-state index contributed by atoms with van der Waals surface area (Å²) >= 11 is 0. The fourth-order valence-corrected chi connectivity index (χ4v) is 4.66. The van der Waals surface area contributed by atoms with Gasteiger partial charge < -0.3 is 4.90 Å². The highest BCUT2D eigenvalue weighted by Crippen LogP contribution is 2.52. The van der Waals surface area contributed by atoms with Gasteiger partial charge in [-0.1, -0.05) is 73.2 Å². The molecule has 1 heterocycles. The van der Waals surface area contributed by atoms with Gasteiger partial charge in [-0.15, -0.1) is 0 Å². The number of hydrogen-bond acceptors (Lipinski definition) is 1. The SMILES string of the molecule is C(=C\c1ccc2c(c1)C1CCCC1N2c1ccccc1)/c1ccccc1. The van der Waals surface area contributed by atoms with Gasteiger partial charge in [0, 0.05) is 23.3 Å². The number of anilines is 2. The molecular weight excluding hydrogens is 314 g/mol. The van der Waals surface area contributed by atoms with Crippen LogP contribution in [0.15, 0.2) is 78.9 Å². The van der Waals surface area contributed by atoms with Crippen LogP contribution in [0.25, 0.3) is 12.2 Å². The Morgan fingerprint density at radius 1 is 0.731 bits per heavy atom. The van der Waals surface area contributed by atoms with Crippen molar-refractivity contribution in [3.63, 3.8) is 0 Å². The van der Waals surface area contributed by atoms with E-state index in [1.165, 1.54) is 47.3 Å². The molecule has 1 saturated carbocycles. The first-order chi connectivity index (χ1) is 12.9. The van der Waals surface area contributed by atoms with Crippen LogP contribution in [0, 0.1) is 0 Å². The zero-order valence-electron chi connectivity index (χ0n) is 14.9. The molecular formula is C25H23N. The highest BCUT2D eigenvalue weighted by molar-refractivity contribution is 5.77. The van der Waals surface area contributed by atoms with Crippen molar-refractivity contribution in [2.75, 3.05) is 4.90 Å². The molecule has 1 nitrogen and oxygen atoms in total. The Morgan fingerprint density at radius 2 is 1.46 bits per heavy atom. The lowest BCUT2D eigenvalue weighted by Gasteiger charge is -2.27. The first-order valence-corrected chi connectivity index (χ1v) is 9.61. The van der Waals surface area contributed by atoms with Crippen molar-refractivity contribution >= 4 is 23.5 Å². The topological polar surface area (TPSA) is 3.24 Å². The highest BCUT2D eigenvalue weighted by Gasteiger charge is 2.41. The Hall–Kier alpha value is -2.80. The van der Waals surface area contributed by atoms with Crippen molar-refractivity contribution < 1.29 is 0 Å². The molecule has 1 aliphatic heterocycles. The molecule has 2 unspecified atom stereocenters. The maximum absolute atomic E-state index is 2.58. The summed E-state index contributed by atoms with van der Waals surface area (Å²) in [6.07, 6.45) is 8.39. The standard InChI is InChI=1S/C25H23N/c1-3-8-19(9-4-1)14-15-20-16-17-25-23(18-20)22-12-7-13-24(22)26(25)21-10-5-2-6-11-21/h1-6,8-11,14-18,22,24H,7,12-13H2/b15-14+. The number of para-hydroxylation sites is 1. The monoisotopic (exact) mass is 337 g/mol. The number of nitrogens with zero attached hydrogens (tertiary/aromatic N) is 1. The molecule has 3 aromatic carbocycles. The van der Waals surface area contributed by atoms with E-state index in [0.29, 0.717) is 12.0 Å². The molecule has 5 rings (SSSR count). The normalized spacial score (nSPS) is 21.2. The zero-order valence-corrected chi connectivity index (χ0v) is 14.9. The van der Waals surface area contributed by atoms with Gasteiger partial charge in [0.1, 0.15) is 0 Å². The minimum absolute atomic E-state index is 0.626. The summed E-state index contributed by atoms with van der Waals surface area (Å²) in [4.78, 5) is 2.58. The van der Waals surface area contributed by atoms with E-state index in [0.717, 1.165) is 0 Å². The van der Waals surface area contributed by atoms with Crippen molar-refractivity contribution in [2.45, 2.75) is 31.2 Å². The van der Waals surface area contributed by atoms with Gasteiger partial charge in [-0.25, -0.2) is 0 Å². The number of benzene rings is 3. The average molecular weight is 337 g/mol.